The molecule has 1 aromatic heterocycles. The predicted molar refractivity (Wildman–Crippen MR) is 99.4 cm³/mol. The minimum absolute atomic E-state index is 0.0988. The van der Waals surface area contributed by atoms with Crippen molar-refractivity contribution in [2.24, 2.45) is 0 Å². The molecule has 24 heavy (non-hydrogen) atoms. The molecule has 1 aromatic carbocycles. The standard InChI is InChI=1S/C17H20BrN3O2S/c18-13-4-2-12(3-5-13)8-14-10-20-16(24-14)21-15(22)9-17(23)6-1-7-19-11-17/h2-5,10,19,23H,1,6-9,11H2,(H,20,21,22). The summed E-state index contributed by atoms with van der Waals surface area (Å²) in [6, 6.07) is 8.15. The van der Waals surface area contributed by atoms with Crippen LogP contribution < -0.4 is 10.6 Å². The van der Waals surface area contributed by atoms with E-state index in [1.807, 2.05) is 12.1 Å². The average Bonchev–Trinajstić information content (AvgIpc) is 2.96. The molecular formula is C17H20BrN3O2S. The lowest BCUT2D eigenvalue weighted by Gasteiger charge is -2.31. The minimum Gasteiger partial charge on any atom is -0.388 e. The van der Waals surface area contributed by atoms with E-state index in [0.29, 0.717) is 18.1 Å². The highest BCUT2D eigenvalue weighted by Crippen LogP contribution is 2.24. The van der Waals surface area contributed by atoms with E-state index < -0.39 is 5.60 Å². The van der Waals surface area contributed by atoms with Gasteiger partial charge >= 0.3 is 0 Å². The van der Waals surface area contributed by atoms with Crippen molar-refractivity contribution in [2.75, 3.05) is 18.4 Å². The summed E-state index contributed by atoms with van der Waals surface area (Å²) in [5.74, 6) is -0.189. The van der Waals surface area contributed by atoms with E-state index in [9.17, 15) is 9.90 Å². The molecule has 1 unspecified atom stereocenters. The van der Waals surface area contributed by atoms with Gasteiger partial charge in [-0.2, -0.15) is 0 Å². The zero-order chi connectivity index (χ0) is 17.0. The minimum atomic E-state index is -0.945. The third-order valence-electron chi connectivity index (χ3n) is 4.03. The molecule has 1 amide bonds. The van der Waals surface area contributed by atoms with E-state index in [4.69, 9.17) is 0 Å². The van der Waals surface area contributed by atoms with Crippen molar-refractivity contribution in [3.63, 3.8) is 0 Å². The Labute approximate surface area is 153 Å². The molecule has 1 aliphatic heterocycles. The van der Waals surface area contributed by atoms with Gasteiger partial charge in [0.15, 0.2) is 5.13 Å². The van der Waals surface area contributed by atoms with Crippen molar-refractivity contribution in [3.8, 4) is 0 Å². The maximum Gasteiger partial charge on any atom is 0.229 e. The first-order valence-corrected chi connectivity index (χ1v) is 9.55. The molecule has 128 valence electrons. The zero-order valence-electron chi connectivity index (χ0n) is 13.2. The highest BCUT2D eigenvalue weighted by molar-refractivity contribution is 9.10. The van der Waals surface area contributed by atoms with E-state index in [0.717, 1.165) is 28.7 Å². The summed E-state index contributed by atoms with van der Waals surface area (Å²) >= 11 is 4.89. The fourth-order valence-electron chi connectivity index (χ4n) is 2.82. The maximum atomic E-state index is 12.2. The highest BCUT2D eigenvalue weighted by atomic mass is 79.9. The van der Waals surface area contributed by atoms with Crippen molar-refractivity contribution in [2.45, 2.75) is 31.3 Å². The smallest absolute Gasteiger partial charge is 0.229 e. The van der Waals surface area contributed by atoms with Gasteiger partial charge in [0.1, 0.15) is 0 Å². The first kappa shape index (κ1) is 17.5. The predicted octanol–water partition coefficient (Wildman–Crippen LogP) is 2.94. The molecule has 0 aliphatic carbocycles. The number of anilines is 1. The number of benzene rings is 1. The molecule has 1 atom stereocenters. The number of β-amino-alcohol motifs (C(OH)–C–C–N with tert-alkyl or cyclic N) is 1. The number of hydrogen-bond acceptors (Lipinski definition) is 5. The summed E-state index contributed by atoms with van der Waals surface area (Å²) in [6.45, 7) is 1.36. The van der Waals surface area contributed by atoms with Crippen molar-refractivity contribution < 1.29 is 9.90 Å². The van der Waals surface area contributed by atoms with Crippen LogP contribution in [0.15, 0.2) is 34.9 Å². The van der Waals surface area contributed by atoms with Crippen LogP contribution in [0.2, 0.25) is 0 Å². The van der Waals surface area contributed by atoms with Crippen LogP contribution in [0.3, 0.4) is 0 Å². The summed E-state index contributed by atoms with van der Waals surface area (Å²) in [5.41, 5.74) is 0.252. The largest absolute Gasteiger partial charge is 0.388 e. The SMILES string of the molecule is O=C(CC1(O)CCCNC1)Nc1ncc(Cc2ccc(Br)cc2)s1. The second-order valence-corrected chi connectivity index (χ2v) is 8.20. The molecule has 0 radical (unpaired) electrons. The Hall–Kier alpha value is -1.28. The molecule has 3 rings (SSSR count). The first-order chi connectivity index (χ1) is 11.5. The molecule has 0 spiro atoms. The number of piperidine rings is 1. The lowest BCUT2D eigenvalue weighted by molar-refractivity contribution is -0.121. The van der Waals surface area contributed by atoms with Gasteiger partial charge in [-0.25, -0.2) is 4.98 Å². The van der Waals surface area contributed by atoms with E-state index in [-0.39, 0.29) is 12.3 Å². The Morgan fingerprint density at radius 3 is 2.92 bits per heavy atom. The molecule has 3 N–H and O–H groups in total. The number of hydrogen-bond donors (Lipinski definition) is 3. The Bertz CT molecular complexity index is 696. The molecular weight excluding hydrogens is 390 g/mol. The number of carbonyl (C=O) groups is 1. The van der Waals surface area contributed by atoms with Gasteiger partial charge in [0, 0.05) is 28.5 Å². The van der Waals surface area contributed by atoms with Gasteiger partial charge in [0.05, 0.1) is 12.0 Å². The fourth-order valence-corrected chi connectivity index (χ4v) is 3.94. The third kappa shape index (κ3) is 4.86. The zero-order valence-corrected chi connectivity index (χ0v) is 15.6. The maximum absolute atomic E-state index is 12.2. The molecule has 2 aromatic rings. The Balaban J connectivity index is 1.55. The Morgan fingerprint density at radius 1 is 1.42 bits per heavy atom. The van der Waals surface area contributed by atoms with Crippen molar-refractivity contribution >= 4 is 38.3 Å². The van der Waals surface area contributed by atoms with Gasteiger partial charge in [-0.1, -0.05) is 28.1 Å². The quantitative estimate of drug-likeness (QED) is 0.709. The Kier molecular flexibility index (Phi) is 5.65. The molecule has 0 bridgehead atoms. The van der Waals surface area contributed by atoms with Gasteiger partial charge in [-0.05, 0) is 37.1 Å². The number of aliphatic hydroxyl groups is 1. The number of halogens is 1. The van der Waals surface area contributed by atoms with E-state index in [2.05, 4.69) is 43.7 Å². The first-order valence-electron chi connectivity index (χ1n) is 7.95. The normalized spacial score (nSPS) is 20.8. The van der Waals surface area contributed by atoms with Crippen LogP contribution in [-0.4, -0.2) is 34.7 Å². The van der Waals surface area contributed by atoms with Crippen LogP contribution in [0.5, 0.6) is 0 Å². The van der Waals surface area contributed by atoms with Crippen LogP contribution in [0, 0.1) is 0 Å². The number of nitrogens with one attached hydrogen (secondary N) is 2. The van der Waals surface area contributed by atoms with Crippen LogP contribution in [0.25, 0.3) is 0 Å². The topological polar surface area (TPSA) is 74.2 Å². The van der Waals surface area contributed by atoms with Crippen molar-refractivity contribution in [3.05, 3.63) is 45.4 Å². The monoisotopic (exact) mass is 409 g/mol. The molecule has 7 heteroatoms. The van der Waals surface area contributed by atoms with Crippen LogP contribution >= 0.6 is 27.3 Å². The van der Waals surface area contributed by atoms with Crippen LogP contribution in [0.1, 0.15) is 29.7 Å². The number of thiazole rings is 1. The van der Waals surface area contributed by atoms with Gasteiger partial charge < -0.3 is 15.7 Å². The number of carbonyl (C=O) groups excluding carboxylic acids is 1. The van der Waals surface area contributed by atoms with E-state index in [1.165, 1.54) is 16.9 Å². The summed E-state index contributed by atoms with van der Waals surface area (Å²) in [4.78, 5) is 17.5. The number of aromatic nitrogens is 1. The average molecular weight is 410 g/mol. The molecule has 1 fully saturated rings. The summed E-state index contributed by atoms with van der Waals surface area (Å²) in [5, 5.41) is 16.9. The lowest BCUT2D eigenvalue weighted by Crippen LogP contribution is -2.47. The van der Waals surface area contributed by atoms with Gasteiger partial charge in [0.2, 0.25) is 5.91 Å². The lowest BCUT2D eigenvalue weighted by atomic mass is 9.90. The van der Waals surface area contributed by atoms with E-state index >= 15 is 0 Å². The number of nitrogens with zero attached hydrogens (tertiary/aromatic N) is 1. The third-order valence-corrected chi connectivity index (χ3v) is 5.47. The van der Waals surface area contributed by atoms with E-state index in [1.54, 1.807) is 6.20 Å². The van der Waals surface area contributed by atoms with Crippen molar-refractivity contribution in [1.82, 2.24) is 10.3 Å². The van der Waals surface area contributed by atoms with Gasteiger partial charge in [0.25, 0.3) is 0 Å². The number of amides is 1. The highest BCUT2D eigenvalue weighted by Gasteiger charge is 2.31. The summed E-state index contributed by atoms with van der Waals surface area (Å²) in [6.07, 6.45) is 4.22. The van der Waals surface area contributed by atoms with Gasteiger partial charge in [-0.15, -0.1) is 11.3 Å². The number of rotatable bonds is 5. The fraction of sp³-hybridized carbons (Fsp3) is 0.412. The summed E-state index contributed by atoms with van der Waals surface area (Å²) < 4.78 is 1.05. The molecule has 5 nitrogen and oxygen atoms in total. The van der Waals surface area contributed by atoms with Crippen molar-refractivity contribution in [1.29, 1.82) is 0 Å². The second-order valence-electron chi connectivity index (χ2n) is 6.16. The second kappa shape index (κ2) is 7.74. The molecule has 2 heterocycles. The summed E-state index contributed by atoms with van der Waals surface area (Å²) in [7, 11) is 0. The molecule has 1 aliphatic rings. The Morgan fingerprint density at radius 2 is 2.21 bits per heavy atom. The van der Waals surface area contributed by atoms with Crippen LogP contribution in [0.4, 0.5) is 5.13 Å². The van der Waals surface area contributed by atoms with Crippen LogP contribution in [-0.2, 0) is 11.2 Å². The molecule has 0 saturated carbocycles. The molecule has 1 saturated heterocycles. The van der Waals surface area contributed by atoms with Gasteiger partial charge in [-0.3, -0.25) is 4.79 Å².